The predicted octanol–water partition coefficient (Wildman–Crippen LogP) is 3.37. The van der Waals surface area contributed by atoms with Crippen molar-refractivity contribution in [3.8, 4) is 0 Å². The molecule has 2 aromatic rings. The van der Waals surface area contributed by atoms with Crippen molar-refractivity contribution < 1.29 is 9.21 Å². The van der Waals surface area contributed by atoms with Gasteiger partial charge in [-0.05, 0) is 32.3 Å². The molecule has 1 aromatic carbocycles. The first-order valence-corrected chi connectivity index (χ1v) is 6.44. The van der Waals surface area contributed by atoms with Crippen LogP contribution in [-0.4, -0.2) is 23.9 Å². The van der Waals surface area contributed by atoms with Gasteiger partial charge in [0.2, 0.25) is 0 Å². The number of hydrogen-bond acceptors (Lipinski definition) is 2. The van der Waals surface area contributed by atoms with Crippen molar-refractivity contribution in [1.82, 2.24) is 4.90 Å². The zero-order valence-corrected chi connectivity index (χ0v) is 10.8. The minimum atomic E-state index is 0.00778. The quantitative estimate of drug-likeness (QED) is 0.810. The van der Waals surface area contributed by atoms with Crippen LogP contribution in [0.15, 0.2) is 28.7 Å². The lowest BCUT2D eigenvalue weighted by atomic mass is 9.91. The van der Waals surface area contributed by atoms with E-state index < -0.39 is 0 Å². The first kappa shape index (κ1) is 11.3. The van der Waals surface area contributed by atoms with Crippen LogP contribution < -0.4 is 0 Å². The molecule has 0 N–H and O–H groups in total. The Labute approximate surface area is 106 Å². The largest absolute Gasteiger partial charge is 0.451 e. The van der Waals surface area contributed by atoms with Crippen molar-refractivity contribution in [3.63, 3.8) is 0 Å². The summed E-state index contributed by atoms with van der Waals surface area (Å²) in [4.78, 5) is 14.2. The smallest absolute Gasteiger partial charge is 0.289 e. The number of furan rings is 1. The first-order valence-electron chi connectivity index (χ1n) is 6.44. The number of amides is 1. The van der Waals surface area contributed by atoms with E-state index in [0.717, 1.165) is 29.4 Å². The second-order valence-corrected chi connectivity index (χ2v) is 5.05. The molecule has 0 atom stereocenters. The summed E-state index contributed by atoms with van der Waals surface area (Å²) < 4.78 is 5.71. The molecule has 1 aliphatic rings. The Morgan fingerprint density at radius 1 is 1.33 bits per heavy atom. The second-order valence-electron chi connectivity index (χ2n) is 5.05. The minimum absolute atomic E-state index is 0.00778. The van der Waals surface area contributed by atoms with Crippen LogP contribution >= 0.6 is 0 Å². The zero-order chi connectivity index (χ0) is 12.7. The summed E-state index contributed by atoms with van der Waals surface area (Å²) in [5.41, 5.74) is 1.74. The number of nitrogens with zero attached hydrogens (tertiary/aromatic N) is 1. The van der Waals surface area contributed by atoms with Crippen LogP contribution in [0, 0.1) is 6.92 Å². The number of carbonyl (C=O) groups is 1. The van der Waals surface area contributed by atoms with Crippen molar-refractivity contribution >= 4 is 16.9 Å². The van der Waals surface area contributed by atoms with Crippen molar-refractivity contribution in [2.45, 2.75) is 32.2 Å². The fourth-order valence-electron chi connectivity index (χ4n) is 2.48. The van der Waals surface area contributed by atoms with Crippen LogP contribution in [0.4, 0.5) is 0 Å². The molecule has 3 rings (SSSR count). The van der Waals surface area contributed by atoms with Crippen LogP contribution in [-0.2, 0) is 0 Å². The van der Waals surface area contributed by atoms with Crippen LogP contribution in [0.2, 0.25) is 0 Å². The van der Waals surface area contributed by atoms with Crippen LogP contribution in [0.25, 0.3) is 11.0 Å². The average Bonchev–Trinajstić information content (AvgIpc) is 2.64. The highest BCUT2D eigenvalue weighted by Gasteiger charge is 2.29. The van der Waals surface area contributed by atoms with Gasteiger partial charge in [0, 0.05) is 24.0 Å². The summed E-state index contributed by atoms with van der Waals surface area (Å²) in [6, 6.07) is 8.19. The fourth-order valence-corrected chi connectivity index (χ4v) is 2.48. The van der Waals surface area contributed by atoms with E-state index in [1.807, 2.05) is 43.1 Å². The lowest BCUT2D eigenvalue weighted by Gasteiger charge is -2.34. The molecule has 1 aromatic heterocycles. The number of hydrogen-bond donors (Lipinski definition) is 0. The third-order valence-corrected chi connectivity index (χ3v) is 3.98. The molecule has 0 bridgehead atoms. The highest BCUT2D eigenvalue weighted by atomic mass is 16.3. The summed E-state index contributed by atoms with van der Waals surface area (Å²) in [7, 11) is 1.87. The third kappa shape index (κ3) is 1.62. The Hall–Kier alpha value is -1.77. The van der Waals surface area contributed by atoms with E-state index in [1.54, 1.807) is 0 Å². The molecule has 94 valence electrons. The normalized spacial score (nSPS) is 15.7. The number of fused-ring (bicyclic) bond motifs is 1. The van der Waals surface area contributed by atoms with Crippen molar-refractivity contribution in [2.75, 3.05) is 7.05 Å². The molecule has 18 heavy (non-hydrogen) atoms. The number of benzene rings is 1. The molecule has 0 saturated heterocycles. The highest BCUT2D eigenvalue weighted by molar-refractivity contribution is 5.98. The van der Waals surface area contributed by atoms with Gasteiger partial charge in [-0.25, -0.2) is 0 Å². The molecule has 1 heterocycles. The summed E-state index contributed by atoms with van der Waals surface area (Å²) in [6.45, 7) is 1.95. The maximum Gasteiger partial charge on any atom is 0.289 e. The predicted molar refractivity (Wildman–Crippen MR) is 70.7 cm³/mol. The molecule has 0 spiro atoms. The van der Waals surface area contributed by atoms with Gasteiger partial charge in [0.25, 0.3) is 5.91 Å². The Balaban J connectivity index is 1.98. The Kier molecular flexibility index (Phi) is 2.62. The molecule has 0 unspecified atom stereocenters. The third-order valence-electron chi connectivity index (χ3n) is 3.98. The second kappa shape index (κ2) is 4.16. The lowest BCUT2D eigenvalue weighted by Crippen LogP contribution is -2.41. The number of carbonyl (C=O) groups excluding carboxylic acids is 1. The number of rotatable bonds is 2. The van der Waals surface area contributed by atoms with Gasteiger partial charge in [0.15, 0.2) is 5.76 Å². The van der Waals surface area contributed by atoms with E-state index >= 15 is 0 Å². The first-order chi connectivity index (χ1) is 8.68. The minimum Gasteiger partial charge on any atom is -0.451 e. The van der Waals surface area contributed by atoms with Gasteiger partial charge in [-0.1, -0.05) is 18.2 Å². The Morgan fingerprint density at radius 3 is 2.67 bits per heavy atom. The molecule has 0 aliphatic heterocycles. The molecule has 3 nitrogen and oxygen atoms in total. The number of aryl methyl sites for hydroxylation is 1. The zero-order valence-electron chi connectivity index (χ0n) is 10.8. The maximum absolute atomic E-state index is 12.4. The molecule has 1 aliphatic carbocycles. The van der Waals surface area contributed by atoms with Gasteiger partial charge < -0.3 is 9.32 Å². The molecular formula is C15H17NO2. The Morgan fingerprint density at radius 2 is 2.06 bits per heavy atom. The van der Waals surface area contributed by atoms with Crippen molar-refractivity contribution in [3.05, 3.63) is 35.6 Å². The molecule has 0 radical (unpaired) electrons. The van der Waals surface area contributed by atoms with E-state index in [4.69, 9.17) is 4.42 Å². The summed E-state index contributed by atoms with van der Waals surface area (Å²) >= 11 is 0. The highest BCUT2D eigenvalue weighted by Crippen LogP contribution is 2.29. The van der Waals surface area contributed by atoms with Gasteiger partial charge in [-0.3, -0.25) is 4.79 Å². The van der Waals surface area contributed by atoms with Gasteiger partial charge in [0.05, 0.1) is 0 Å². The van der Waals surface area contributed by atoms with E-state index in [-0.39, 0.29) is 5.91 Å². The molecule has 1 fully saturated rings. The van der Waals surface area contributed by atoms with Gasteiger partial charge in [0.1, 0.15) is 5.58 Å². The number of para-hydroxylation sites is 1. The Bertz CT molecular complexity index is 596. The SMILES string of the molecule is Cc1c(C(=O)N(C)C2CCC2)oc2ccccc12. The average molecular weight is 243 g/mol. The van der Waals surface area contributed by atoms with Gasteiger partial charge in [-0.2, -0.15) is 0 Å². The van der Waals surface area contributed by atoms with Crippen molar-refractivity contribution in [2.24, 2.45) is 0 Å². The lowest BCUT2D eigenvalue weighted by molar-refractivity contribution is 0.0621. The standard InChI is InChI=1S/C15H17NO2/c1-10-12-8-3-4-9-13(12)18-14(10)15(17)16(2)11-6-5-7-11/h3-4,8-9,11H,5-7H2,1-2H3. The molecule has 1 saturated carbocycles. The maximum atomic E-state index is 12.4. The van der Waals surface area contributed by atoms with E-state index in [0.29, 0.717) is 11.8 Å². The van der Waals surface area contributed by atoms with Crippen LogP contribution in [0.1, 0.15) is 35.4 Å². The monoisotopic (exact) mass is 243 g/mol. The van der Waals surface area contributed by atoms with Crippen LogP contribution in [0.3, 0.4) is 0 Å². The molecular weight excluding hydrogens is 226 g/mol. The van der Waals surface area contributed by atoms with Crippen molar-refractivity contribution in [1.29, 1.82) is 0 Å². The summed E-state index contributed by atoms with van der Waals surface area (Å²) in [5, 5.41) is 1.03. The fraction of sp³-hybridized carbons (Fsp3) is 0.400. The topological polar surface area (TPSA) is 33.5 Å². The van der Waals surface area contributed by atoms with Crippen LogP contribution in [0.5, 0.6) is 0 Å². The summed E-state index contributed by atoms with van der Waals surface area (Å²) in [5.74, 6) is 0.499. The van der Waals surface area contributed by atoms with E-state index in [2.05, 4.69) is 0 Å². The molecule has 3 heteroatoms. The van der Waals surface area contributed by atoms with Gasteiger partial charge >= 0.3 is 0 Å². The van der Waals surface area contributed by atoms with E-state index in [9.17, 15) is 4.79 Å². The van der Waals surface area contributed by atoms with E-state index in [1.165, 1.54) is 6.42 Å². The molecule has 1 amide bonds. The summed E-state index contributed by atoms with van der Waals surface area (Å²) in [6.07, 6.45) is 3.45. The van der Waals surface area contributed by atoms with Gasteiger partial charge in [-0.15, -0.1) is 0 Å².